The van der Waals surface area contributed by atoms with Crippen molar-refractivity contribution in [2.45, 2.75) is 13.0 Å². The number of hydrogen-bond donors (Lipinski definition) is 2. The van der Waals surface area contributed by atoms with Crippen LogP contribution < -0.4 is 5.32 Å². The van der Waals surface area contributed by atoms with E-state index in [1.54, 1.807) is 23.5 Å². The van der Waals surface area contributed by atoms with Gasteiger partial charge in [-0.1, -0.05) is 11.6 Å². The van der Waals surface area contributed by atoms with Crippen LogP contribution in [0.3, 0.4) is 0 Å². The van der Waals surface area contributed by atoms with Crippen LogP contribution in [0.1, 0.15) is 28.9 Å². The molecule has 1 unspecified atom stereocenters. The third kappa shape index (κ3) is 2.83. The number of thiophene rings is 1. The molecule has 3 nitrogen and oxygen atoms in total. The van der Waals surface area contributed by atoms with E-state index in [0.29, 0.717) is 10.7 Å². The van der Waals surface area contributed by atoms with Gasteiger partial charge in [0.25, 0.3) is 0 Å². The first kappa shape index (κ1) is 12.9. The molecule has 0 radical (unpaired) electrons. The topological polar surface area (TPSA) is 49.3 Å². The van der Waals surface area contributed by atoms with Gasteiger partial charge >= 0.3 is 5.97 Å². The van der Waals surface area contributed by atoms with Gasteiger partial charge < -0.3 is 10.4 Å². The minimum absolute atomic E-state index is 0.0514. The van der Waals surface area contributed by atoms with Crippen LogP contribution in [-0.2, 0) is 0 Å². The van der Waals surface area contributed by atoms with Crippen molar-refractivity contribution in [2.24, 2.45) is 0 Å². The summed E-state index contributed by atoms with van der Waals surface area (Å²) in [6.45, 7) is 1.99. The smallest absolute Gasteiger partial charge is 0.337 e. The van der Waals surface area contributed by atoms with E-state index in [-0.39, 0.29) is 11.6 Å². The first-order valence-corrected chi connectivity index (χ1v) is 6.71. The molecule has 0 amide bonds. The zero-order valence-electron chi connectivity index (χ0n) is 9.68. The molecule has 0 fully saturated rings. The molecule has 0 aliphatic carbocycles. The van der Waals surface area contributed by atoms with Crippen LogP contribution in [0.15, 0.2) is 35.0 Å². The van der Waals surface area contributed by atoms with Gasteiger partial charge in [0.2, 0.25) is 0 Å². The Morgan fingerprint density at radius 3 is 2.83 bits per heavy atom. The van der Waals surface area contributed by atoms with E-state index >= 15 is 0 Å². The fourth-order valence-electron chi connectivity index (χ4n) is 1.66. The van der Waals surface area contributed by atoms with Crippen LogP contribution in [0.5, 0.6) is 0 Å². The second-order valence-corrected chi connectivity index (χ2v) is 5.13. The van der Waals surface area contributed by atoms with Crippen molar-refractivity contribution >= 4 is 34.6 Å². The molecule has 1 atom stereocenters. The van der Waals surface area contributed by atoms with Gasteiger partial charge in [-0.2, -0.15) is 11.3 Å². The second-order valence-electron chi connectivity index (χ2n) is 3.92. The monoisotopic (exact) mass is 281 g/mol. The van der Waals surface area contributed by atoms with Crippen molar-refractivity contribution in [2.75, 3.05) is 5.32 Å². The van der Waals surface area contributed by atoms with E-state index in [4.69, 9.17) is 16.7 Å². The van der Waals surface area contributed by atoms with Crippen molar-refractivity contribution in [3.63, 3.8) is 0 Å². The van der Waals surface area contributed by atoms with Gasteiger partial charge in [0, 0.05) is 16.8 Å². The molecule has 94 valence electrons. The average molecular weight is 282 g/mol. The molecule has 1 aromatic heterocycles. The average Bonchev–Trinajstić information content (AvgIpc) is 2.84. The van der Waals surface area contributed by atoms with Crippen molar-refractivity contribution in [1.29, 1.82) is 0 Å². The number of hydrogen-bond acceptors (Lipinski definition) is 3. The summed E-state index contributed by atoms with van der Waals surface area (Å²) in [7, 11) is 0. The van der Waals surface area contributed by atoms with Crippen LogP contribution >= 0.6 is 22.9 Å². The largest absolute Gasteiger partial charge is 0.478 e. The maximum Gasteiger partial charge on any atom is 0.337 e. The third-order valence-electron chi connectivity index (χ3n) is 2.63. The SMILES string of the molecule is CC(Nc1ccc(Cl)cc1C(=O)O)c1ccsc1. The number of carboxylic acid groups (broad SMARTS) is 1. The Morgan fingerprint density at radius 1 is 1.44 bits per heavy atom. The van der Waals surface area contributed by atoms with Gasteiger partial charge in [-0.3, -0.25) is 0 Å². The number of nitrogens with one attached hydrogen (secondary N) is 1. The van der Waals surface area contributed by atoms with Crippen LogP contribution in [-0.4, -0.2) is 11.1 Å². The summed E-state index contributed by atoms with van der Waals surface area (Å²) in [5.41, 5.74) is 1.89. The number of halogens is 1. The summed E-state index contributed by atoms with van der Waals surface area (Å²) in [6, 6.07) is 6.88. The predicted molar refractivity (Wildman–Crippen MR) is 74.8 cm³/mol. The Hall–Kier alpha value is -1.52. The van der Waals surface area contributed by atoms with Crippen LogP contribution in [0, 0.1) is 0 Å². The minimum atomic E-state index is -0.988. The summed E-state index contributed by atoms with van der Waals surface area (Å²) in [6.07, 6.45) is 0. The number of carboxylic acids is 1. The van der Waals surface area contributed by atoms with Crippen LogP contribution in [0.2, 0.25) is 5.02 Å². The molecule has 1 aromatic carbocycles. The third-order valence-corrected chi connectivity index (χ3v) is 3.56. The maximum atomic E-state index is 11.1. The number of benzene rings is 1. The van der Waals surface area contributed by atoms with E-state index in [0.717, 1.165) is 5.56 Å². The number of carbonyl (C=O) groups is 1. The second kappa shape index (κ2) is 5.42. The highest BCUT2D eigenvalue weighted by molar-refractivity contribution is 7.08. The Morgan fingerprint density at radius 2 is 2.22 bits per heavy atom. The Labute approximate surface area is 114 Å². The summed E-state index contributed by atoms with van der Waals surface area (Å²) in [4.78, 5) is 11.1. The molecule has 2 N–H and O–H groups in total. The van der Waals surface area contributed by atoms with Gasteiger partial charge in [-0.05, 0) is 47.5 Å². The molecule has 2 rings (SSSR count). The Bertz CT molecular complexity index is 554. The van der Waals surface area contributed by atoms with Gasteiger partial charge in [-0.25, -0.2) is 4.79 Å². The lowest BCUT2D eigenvalue weighted by atomic mass is 10.1. The van der Waals surface area contributed by atoms with Crippen molar-refractivity contribution < 1.29 is 9.90 Å². The van der Waals surface area contributed by atoms with E-state index < -0.39 is 5.97 Å². The number of rotatable bonds is 4. The Kier molecular flexibility index (Phi) is 3.89. The quantitative estimate of drug-likeness (QED) is 0.880. The molecule has 1 heterocycles. The molecule has 0 saturated carbocycles. The highest BCUT2D eigenvalue weighted by Gasteiger charge is 2.13. The van der Waals surface area contributed by atoms with Crippen molar-refractivity contribution in [1.82, 2.24) is 0 Å². The molecule has 0 saturated heterocycles. The van der Waals surface area contributed by atoms with E-state index in [9.17, 15) is 4.79 Å². The van der Waals surface area contributed by atoms with Gasteiger partial charge in [0.15, 0.2) is 0 Å². The standard InChI is InChI=1S/C13H12ClNO2S/c1-8(9-4-5-18-7-9)15-12-3-2-10(14)6-11(12)13(16)17/h2-8,15H,1H3,(H,16,17). The van der Waals surface area contributed by atoms with Gasteiger partial charge in [-0.15, -0.1) is 0 Å². The molecule has 0 bridgehead atoms. The molecular weight excluding hydrogens is 270 g/mol. The predicted octanol–water partition coefficient (Wildman–Crippen LogP) is 4.27. The summed E-state index contributed by atoms with van der Waals surface area (Å²) >= 11 is 7.42. The van der Waals surface area contributed by atoms with Crippen molar-refractivity contribution in [3.05, 3.63) is 51.2 Å². The lowest BCUT2D eigenvalue weighted by molar-refractivity contribution is 0.0698. The summed E-state index contributed by atoms with van der Waals surface area (Å²) in [5.74, 6) is -0.988. The first-order valence-electron chi connectivity index (χ1n) is 5.39. The lowest BCUT2D eigenvalue weighted by Crippen LogP contribution is -2.10. The zero-order chi connectivity index (χ0) is 13.1. The molecule has 0 spiro atoms. The molecule has 2 aromatic rings. The molecule has 0 aliphatic rings. The summed E-state index contributed by atoms with van der Waals surface area (Å²) < 4.78 is 0. The van der Waals surface area contributed by atoms with Crippen molar-refractivity contribution in [3.8, 4) is 0 Å². The first-order chi connectivity index (χ1) is 8.58. The van der Waals surface area contributed by atoms with E-state index in [1.165, 1.54) is 6.07 Å². The van der Waals surface area contributed by atoms with E-state index in [1.807, 2.05) is 23.8 Å². The normalized spacial score (nSPS) is 12.1. The van der Waals surface area contributed by atoms with Crippen LogP contribution in [0.25, 0.3) is 0 Å². The number of aromatic carboxylic acids is 1. The highest BCUT2D eigenvalue weighted by Crippen LogP contribution is 2.26. The minimum Gasteiger partial charge on any atom is -0.478 e. The molecule has 18 heavy (non-hydrogen) atoms. The van der Waals surface area contributed by atoms with Gasteiger partial charge in [0.1, 0.15) is 0 Å². The van der Waals surface area contributed by atoms with E-state index in [2.05, 4.69) is 5.32 Å². The maximum absolute atomic E-state index is 11.1. The van der Waals surface area contributed by atoms with Gasteiger partial charge in [0.05, 0.1) is 5.56 Å². The number of anilines is 1. The molecular formula is C13H12ClNO2S. The lowest BCUT2D eigenvalue weighted by Gasteiger charge is -2.16. The Balaban J connectivity index is 2.26. The highest BCUT2D eigenvalue weighted by atomic mass is 35.5. The summed E-state index contributed by atoms with van der Waals surface area (Å²) in [5, 5.41) is 16.8. The molecule has 5 heteroatoms. The van der Waals surface area contributed by atoms with Crippen LogP contribution in [0.4, 0.5) is 5.69 Å². The fraction of sp³-hybridized carbons (Fsp3) is 0.154. The molecule has 0 aliphatic heterocycles. The fourth-order valence-corrected chi connectivity index (χ4v) is 2.58. The zero-order valence-corrected chi connectivity index (χ0v) is 11.3.